The third-order valence-corrected chi connectivity index (χ3v) is 4.95. The number of nitrogens with one attached hydrogen (secondary N) is 2. The molecule has 4 rings (SSSR count). The summed E-state index contributed by atoms with van der Waals surface area (Å²) >= 11 is 0. The Kier molecular flexibility index (Phi) is 3.08. The molecule has 4 heteroatoms. The van der Waals surface area contributed by atoms with Crippen LogP contribution in [0.3, 0.4) is 0 Å². The van der Waals surface area contributed by atoms with Gasteiger partial charge in [-0.1, -0.05) is 25.5 Å². The van der Waals surface area contributed by atoms with Crippen molar-refractivity contribution in [2.45, 2.75) is 32.2 Å². The van der Waals surface area contributed by atoms with Gasteiger partial charge in [-0.05, 0) is 41.2 Å². The average Bonchev–Trinajstić information content (AvgIpc) is 2.93. The molecule has 4 N–H and O–H groups in total. The minimum Gasteiger partial charge on any atom is -0.369 e. The molecule has 0 fully saturated rings. The number of aryl methyl sites for hydroxylation is 1. The second kappa shape index (κ2) is 4.99. The Morgan fingerprint density at radius 2 is 2.27 bits per heavy atom. The summed E-state index contributed by atoms with van der Waals surface area (Å²) in [5.41, 5.74) is 12.0. The number of aromatic nitrogens is 1. The number of nitrogens with two attached hydrogens (primary N) is 1. The van der Waals surface area contributed by atoms with Crippen LogP contribution in [-0.2, 0) is 17.6 Å². The summed E-state index contributed by atoms with van der Waals surface area (Å²) in [7, 11) is 0. The first kappa shape index (κ1) is 13.6. The van der Waals surface area contributed by atoms with E-state index in [9.17, 15) is 4.79 Å². The maximum atomic E-state index is 11.6. The number of fused-ring (bicyclic) bond motifs is 2. The number of benzene rings is 1. The van der Waals surface area contributed by atoms with E-state index in [1.165, 1.54) is 33.2 Å². The number of amides is 1. The molecule has 2 aliphatic rings. The molecule has 0 saturated carbocycles. The number of carbonyl (C=O) groups is 1. The molecule has 1 amide bonds. The molecule has 114 valence electrons. The van der Waals surface area contributed by atoms with Gasteiger partial charge in [-0.15, -0.1) is 0 Å². The summed E-state index contributed by atoms with van der Waals surface area (Å²) in [5.74, 6) is -0.459. The lowest BCUT2D eigenvalue weighted by Gasteiger charge is -2.34. The number of H-pyrrole nitrogens is 1. The van der Waals surface area contributed by atoms with Crippen LogP contribution in [0.15, 0.2) is 24.4 Å². The largest absolute Gasteiger partial charge is 0.369 e. The third kappa shape index (κ3) is 1.91. The van der Waals surface area contributed by atoms with E-state index in [-0.39, 0.29) is 11.8 Å². The Morgan fingerprint density at radius 1 is 1.41 bits per heavy atom. The molecule has 0 saturated heterocycles. The van der Waals surface area contributed by atoms with Crippen molar-refractivity contribution in [2.24, 2.45) is 11.7 Å². The minimum atomic E-state index is -0.248. The first-order valence-electron chi connectivity index (χ1n) is 8.05. The lowest BCUT2D eigenvalue weighted by molar-refractivity contribution is -0.120. The van der Waals surface area contributed by atoms with Gasteiger partial charge >= 0.3 is 0 Å². The van der Waals surface area contributed by atoms with Crippen LogP contribution in [-0.4, -0.2) is 23.5 Å². The Labute approximate surface area is 129 Å². The van der Waals surface area contributed by atoms with Gasteiger partial charge in [-0.25, -0.2) is 0 Å². The van der Waals surface area contributed by atoms with E-state index >= 15 is 0 Å². The molecule has 22 heavy (non-hydrogen) atoms. The number of aromatic amines is 1. The average molecular weight is 295 g/mol. The van der Waals surface area contributed by atoms with E-state index in [1.807, 2.05) is 0 Å². The highest BCUT2D eigenvalue weighted by Gasteiger charge is 2.32. The van der Waals surface area contributed by atoms with Crippen LogP contribution in [0.1, 0.15) is 30.0 Å². The zero-order valence-corrected chi connectivity index (χ0v) is 12.8. The Balaban J connectivity index is 1.97. The van der Waals surface area contributed by atoms with Gasteiger partial charge in [0.1, 0.15) is 0 Å². The maximum absolute atomic E-state index is 11.6. The van der Waals surface area contributed by atoms with Crippen LogP contribution in [0, 0.1) is 5.92 Å². The quantitative estimate of drug-likeness (QED) is 0.812. The molecular weight excluding hydrogens is 274 g/mol. The molecule has 2 aromatic rings. The summed E-state index contributed by atoms with van der Waals surface area (Å²) in [6.07, 6.45) is 7.37. The van der Waals surface area contributed by atoms with Gasteiger partial charge in [-0.2, -0.15) is 0 Å². The normalized spacial score (nSPS) is 23.2. The van der Waals surface area contributed by atoms with Gasteiger partial charge in [0.05, 0.1) is 5.92 Å². The summed E-state index contributed by atoms with van der Waals surface area (Å²) in [4.78, 5) is 15.0. The van der Waals surface area contributed by atoms with E-state index in [4.69, 9.17) is 5.73 Å². The highest BCUT2D eigenvalue weighted by atomic mass is 16.1. The van der Waals surface area contributed by atoms with Crippen LogP contribution in [0.4, 0.5) is 0 Å². The zero-order valence-electron chi connectivity index (χ0n) is 12.8. The van der Waals surface area contributed by atoms with Crippen molar-refractivity contribution in [3.63, 3.8) is 0 Å². The molecular formula is C18H21N3O. The fraction of sp³-hybridized carbons (Fsp3) is 0.389. The van der Waals surface area contributed by atoms with E-state index in [0.29, 0.717) is 12.6 Å². The Bertz CT molecular complexity index is 787. The molecule has 2 atom stereocenters. The summed E-state index contributed by atoms with van der Waals surface area (Å²) in [6.45, 7) is 2.84. The third-order valence-electron chi connectivity index (χ3n) is 4.95. The van der Waals surface area contributed by atoms with Crippen molar-refractivity contribution in [2.75, 3.05) is 6.54 Å². The Hall–Kier alpha value is -2.07. The lowest BCUT2D eigenvalue weighted by atomic mass is 9.78. The highest BCUT2D eigenvalue weighted by molar-refractivity contribution is 6.00. The fourth-order valence-corrected chi connectivity index (χ4v) is 3.92. The SMILES string of the molecule is CCCc1ccc2[nH]cc3c2c1C1=CC(C(N)=O)CNC1C3. The van der Waals surface area contributed by atoms with Gasteiger partial charge < -0.3 is 16.0 Å². The molecule has 1 aromatic carbocycles. The first-order chi connectivity index (χ1) is 10.7. The molecule has 2 heterocycles. The topological polar surface area (TPSA) is 70.9 Å². The number of carbonyl (C=O) groups excluding carboxylic acids is 1. The second-order valence-electron chi connectivity index (χ2n) is 6.38. The number of hydrogen-bond acceptors (Lipinski definition) is 2. The van der Waals surface area contributed by atoms with Gasteiger partial charge in [0.15, 0.2) is 0 Å². The zero-order chi connectivity index (χ0) is 15.3. The van der Waals surface area contributed by atoms with E-state index in [0.717, 1.165) is 19.3 Å². The molecule has 4 nitrogen and oxygen atoms in total. The van der Waals surface area contributed by atoms with Gasteiger partial charge in [0.2, 0.25) is 5.91 Å². The number of primary amides is 1. The number of rotatable bonds is 3. The van der Waals surface area contributed by atoms with Crippen LogP contribution < -0.4 is 11.1 Å². The van der Waals surface area contributed by atoms with Crippen LogP contribution >= 0.6 is 0 Å². The predicted molar refractivity (Wildman–Crippen MR) is 88.4 cm³/mol. The van der Waals surface area contributed by atoms with Crippen molar-refractivity contribution < 1.29 is 4.79 Å². The molecule has 2 unspecified atom stereocenters. The lowest BCUT2D eigenvalue weighted by Crippen LogP contribution is -2.44. The smallest absolute Gasteiger partial charge is 0.225 e. The van der Waals surface area contributed by atoms with Crippen LogP contribution in [0.2, 0.25) is 0 Å². The molecule has 0 radical (unpaired) electrons. The highest BCUT2D eigenvalue weighted by Crippen LogP contribution is 2.40. The van der Waals surface area contributed by atoms with Gasteiger partial charge in [-0.3, -0.25) is 4.79 Å². The van der Waals surface area contributed by atoms with E-state index in [2.05, 4.69) is 41.6 Å². The maximum Gasteiger partial charge on any atom is 0.225 e. The molecule has 0 bridgehead atoms. The van der Waals surface area contributed by atoms with Gasteiger partial charge in [0, 0.05) is 29.7 Å². The van der Waals surface area contributed by atoms with Gasteiger partial charge in [0.25, 0.3) is 0 Å². The fourth-order valence-electron chi connectivity index (χ4n) is 3.92. The van der Waals surface area contributed by atoms with Crippen molar-refractivity contribution >= 4 is 22.4 Å². The van der Waals surface area contributed by atoms with Crippen LogP contribution in [0.5, 0.6) is 0 Å². The van der Waals surface area contributed by atoms with Crippen molar-refractivity contribution in [1.82, 2.24) is 10.3 Å². The van der Waals surface area contributed by atoms with Crippen molar-refractivity contribution in [3.05, 3.63) is 41.1 Å². The molecule has 0 spiro atoms. The van der Waals surface area contributed by atoms with E-state index < -0.39 is 0 Å². The summed E-state index contributed by atoms with van der Waals surface area (Å²) < 4.78 is 0. The summed E-state index contributed by atoms with van der Waals surface area (Å²) in [5, 5.41) is 4.85. The monoisotopic (exact) mass is 295 g/mol. The standard InChI is InChI=1S/C18H21N3O/c1-2-3-10-4-5-14-17-11(8-20-14)7-15-13(16(10)17)6-12(9-21-15)18(19)22/h4-6,8,12,15,20-21H,2-3,7,9H2,1H3,(H2,19,22). The second-order valence-corrected chi connectivity index (χ2v) is 6.38. The van der Waals surface area contributed by atoms with E-state index in [1.54, 1.807) is 0 Å². The number of hydrogen-bond donors (Lipinski definition) is 3. The van der Waals surface area contributed by atoms with Crippen LogP contribution in [0.25, 0.3) is 16.5 Å². The summed E-state index contributed by atoms with van der Waals surface area (Å²) in [6, 6.07) is 4.69. The van der Waals surface area contributed by atoms with Crippen molar-refractivity contribution in [1.29, 1.82) is 0 Å². The van der Waals surface area contributed by atoms with Crippen molar-refractivity contribution in [3.8, 4) is 0 Å². The molecule has 1 aromatic heterocycles. The molecule has 1 aliphatic carbocycles. The predicted octanol–water partition coefficient (Wildman–Crippen LogP) is 2.13. The first-order valence-corrected chi connectivity index (χ1v) is 8.05. The minimum absolute atomic E-state index is 0.212. The Morgan fingerprint density at radius 3 is 3.05 bits per heavy atom. The molecule has 1 aliphatic heterocycles.